The molecule has 0 bridgehead atoms. The van der Waals surface area contributed by atoms with Crippen LogP contribution in [0.5, 0.6) is 0 Å². The third kappa shape index (κ3) is 5.44. The molecule has 2 nitrogen and oxygen atoms in total. The van der Waals surface area contributed by atoms with Crippen LogP contribution in [0.1, 0.15) is 18.9 Å². The second-order valence-corrected chi connectivity index (χ2v) is 5.29. The molecule has 0 aromatic heterocycles. The molecule has 0 N–H and O–H groups in total. The smallest absolute Gasteiger partial charge is 0.230 e. The van der Waals surface area contributed by atoms with Gasteiger partial charge in [0.15, 0.2) is 11.0 Å². The molecule has 2 atom stereocenters. The summed E-state index contributed by atoms with van der Waals surface area (Å²) in [7, 11) is -1.64. The molecular formula is C12H14F3NOS. The van der Waals surface area contributed by atoms with Crippen LogP contribution in [0.15, 0.2) is 33.6 Å². The standard InChI is InChI=1S/C12H14F3NOS/c1-9-3-5-11(6-4-9)18(17)16-8-10(2)7-12(13,14)15/h3-6,8,10H,7H2,1-2H3/b16-8+/t10-,18?/m1/s1. The molecular weight excluding hydrogens is 263 g/mol. The van der Waals surface area contributed by atoms with Gasteiger partial charge in [0.05, 0.1) is 11.3 Å². The molecule has 0 spiro atoms. The maximum Gasteiger partial charge on any atom is 0.389 e. The first-order valence-electron chi connectivity index (χ1n) is 5.37. The van der Waals surface area contributed by atoms with Crippen molar-refractivity contribution in [3.05, 3.63) is 29.8 Å². The van der Waals surface area contributed by atoms with Crippen LogP contribution >= 0.6 is 0 Å². The lowest BCUT2D eigenvalue weighted by Gasteiger charge is -2.08. The minimum absolute atomic E-state index is 0.482. The highest BCUT2D eigenvalue weighted by molar-refractivity contribution is 7.83. The van der Waals surface area contributed by atoms with Crippen molar-refractivity contribution in [1.82, 2.24) is 0 Å². The topological polar surface area (TPSA) is 29.4 Å². The van der Waals surface area contributed by atoms with Gasteiger partial charge >= 0.3 is 6.18 Å². The molecule has 1 aromatic carbocycles. The van der Waals surface area contributed by atoms with E-state index in [0.29, 0.717) is 4.90 Å². The Morgan fingerprint density at radius 1 is 1.33 bits per heavy atom. The Kier molecular flexibility index (Phi) is 5.07. The predicted molar refractivity (Wildman–Crippen MR) is 65.9 cm³/mol. The van der Waals surface area contributed by atoms with Crippen molar-refractivity contribution in [2.24, 2.45) is 10.3 Å². The summed E-state index contributed by atoms with van der Waals surface area (Å²) in [4.78, 5) is 0.482. The molecule has 0 saturated carbocycles. The number of halogens is 3. The van der Waals surface area contributed by atoms with Crippen molar-refractivity contribution in [1.29, 1.82) is 0 Å². The Hall–Kier alpha value is -1.17. The van der Waals surface area contributed by atoms with Crippen LogP contribution in [-0.4, -0.2) is 16.6 Å². The summed E-state index contributed by atoms with van der Waals surface area (Å²) in [6, 6.07) is 6.86. The van der Waals surface area contributed by atoms with E-state index in [0.717, 1.165) is 11.8 Å². The molecule has 0 heterocycles. The Labute approximate surface area is 107 Å². The molecule has 100 valence electrons. The summed E-state index contributed by atoms with van der Waals surface area (Å²) in [5, 5.41) is 0. The fourth-order valence-corrected chi connectivity index (χ4v) is 2.10. The Balaban J connectivity index is 2.62. The number of hydrogen-bond donors (Lipinski definition) is 0. The van der Waals surface area contributed by atoms with E-state index in [1.807, 2.05) is 6.92 Å². The fraction of sp³-hybridized carbons (Fsp3) is 0.417. The summed E-state index contributed by atoms with van der Waals surface area (Å²) in [6.07, 6.45) is -4.08. The molecule has 1 aromatic rings. The van der Waals surface area contributed by atoms with Gasteiger partial charge in [-0.25, -0.2) is 4.21 Å². The third-order valence-electron chi connectivity index (χ3n) is 2.19. The van der Waals surface area contributed by atoms with Gasteiger partial charge in [0.25, 0.3) is 0 Å². The van der Waals surface area contributed by atoms with Crippen LogP contribution in [0.25, 0.3) is 0 Å². The highest BCUT2D eigenvalue weighted by atomic mass is 32.2. The Morgan fingerprint density at radius 2 is 1.89 bits per heavy atom. The van der Waals surface area contributed by atoms with Crippen molar-refractivity contribution >= 4 is 17.2 Å². The van der Waals surface area contributed by atoms with Crippen molar-refractivity contribution in [3.8, 4) is 0 Å². The predicted octanol–water partition coefficient (Wildman–Crippen LogP) is 3.68. The number of benzene rings is 1. The van der Waals surface area contributed by atoms with E-state index < -0.39 is 29.5 Å². The lowest BCUT2D eigenvalue weighted by molar-refractivity contribution is -0.138. The molecule has 0 fully saturated rings. The van der Waals surface area contributed by atoms with Gasteiger partial charge in [-0.1, -0.05) is 24.6 Å². The van der Waals surface area contributed by atoms with Crippen molar-refractivity contribution < 1.29 is 17.4 Å². The van der Waals surface area contributed by atoms with Gasteiger partial charge < -0.3 is 0 Å². The van der Waals surface area contributed by atoms with Crippen LogP contribution in [0.3, 0.4) is 0 Å². The van der Waals surface area contributed by atoms with Crippen LogP contribution in [0.2, 0.25) is 0 Å². The molecule has 6 heteroatoms. The quantitative estimate of drug-likeness (QED) is 0.772. The minimum Gasteiger partial charge on any atom is -0.230 e. The van der Waals surface area contributed by atoms with E-state index in [-0.39, 0.29) is 0 Å². The summed E-state index contributed by atoms with van der Waals surface area (Å²) < 4.78 is 51.5. The molecule has 0 aliphatic heterocycles. The molecule has 0 saturated heterocycles. The number of rotatable bonds is 4. The van der Waals surface area contributed by atoms with Gasteiger partial charge in [-0.05, 0) is 19.1 Å². The molecule has 0 aliphatic carbocycles. The molecule has 18 heavy (non-hydrogen) atoms. The number of nitrogens with zero attached hydrogens (tertiary/aromatic N) is 1. The zero-order valence-corrected chi connectivity index (χ0v) is 10.9. The van der Waals surface area contributed by atoms with Crippen molar-refractivity contribution in [2.75, 3.05) is 0 Å². The highest BCUT2D eigenvalue weighted by Gasteiger charge is 2.29. The van der Waals surface area contributed by atoms with Crippen LogP contribution in [0, 0.1) is 12.8 Å². The first-order valence-corrected chi connectivity index (χ1v) is 6.48. The summed E-state index contributed by atoms with van der Waals surface area (Å²) in [6.45, 7) is 3.28. The second kappa shape index (κ2) is 6.13. The number of aryl methyl sites for hydroxylation is 1. The van der Waals surface area contributed by atoms with E-state index in [1.165, 1.54) is 6.92 Å². The largest absolute Gasteiger partial charge is 0.389 e. The third-order valence-corrected chi connectivity index (χ3v) is 3.18. The van der Waals surface area contributed by atoms with E-state index in [1.54, 1.807) is 24.3 Å². The number of hydrogen-bond acceptors (Lipinski definition) is 1. The van der Waals surface area contributed by atoms with E-state index >= 15 is 0 Å². The molecule has 0 radical (unpaired) electrons. The van der Waals surface area contributed by atoms with Gasteiger partial charge in [-0.15, -0.1) is 0 Å². The summed E-state index contributed by atoms with van der Waals surface area (Å²) >= 11 is 0. The lowest BCUT2D eigenvalue weighted by Crippen LogP contribution is -2.13. The Bertz CT molecular complexity index is 440. The lowest BCUT2D eigenvalue weighted by atomic mass is 10.1. The van der Waals surface area contributed by atoms with Crippen LogP contribution < -0.4 is 0 Å². The minimum atomic E-state index is -4.23. The molecule has 1 rings (SSSR count). The first kappa shape index (κ1) is 14.9. The van der Waals surface area contributed by atoms with E-state index in [2.05, 4.69) is 4.40 Å². The summed E-state index contributed by atoms with van der Waals surface area (Å²) in [5.41, 5.74) is 1.02. The fourth-order valence-electron chi connectivity index (χ4n) is 1.29. The van der Waals surface area contributed by atoms with Crippen LogP contribution in [-0.2, 0) is 11.0 Å². The monoisotopic (exact) mass is 277 g/mol. The van der Waals surface area contributed by atoms with E-state index in [9.17, 15) is 17.4 Å². The van der Waals surface area contributed by atoms with Crippen molar-refractivity contribution in [3.63, 3.8) is 0 Å². The van der Waals surface area contributed by atoms with Gasteiger partial charge in [-0.3, -0.25) is 0 Å². The summed E-state index contributed by atoms with van der Waals surface area (Å²) in [5.74, 6) is -0.778. The maximum absolute atomic E-state index is 12.1. The zero-order chi connectivity index (χ0) is 13.8. The van der Waals surface area contributed by atoms with Gasteiger partial charge in [-0.2, -0.15) is 17.6 Å². The van der Waals surface area contributed by atoms with Gasteiger partial charge in [0, 0.05) is 12.1 Å². The SMILES string of the molecule is Cc1ccc(S(=O)/N=C/[C@H](C)CC(F)(F)F)cc1. The average molecular weight is 277 g/mol. The second-order valence-electron chi connectivity index (χ2n) is 4.11. The van der Waals surface area contributed by atoms with Gasteiger partial charge in [0.1, 0.15) is 0 Å². The van der Waals surface area contributed by atoms with Gasteiger partial charge in [0.2, 0.25) is 0 Å². The molecule has 0 amide bonds. The Morgan fingerprint density at radius 3 is 2.39 bits per heavy atom. The van der Waals surface area contributed by atoms with Crippen molar-refractivity contribution in [2.45, 2.75) is 31.3 Å². The first-order chi connectivity index (χ1) is 8.28. The maximum atomic E-state index is 12.1. The molecule has 1 unspecified atom stereocenters. The normalized spacial score (nSPS) is 15.8. The average Bonchev–Trinajstić information content (AvgIpc) is 2.24. The molecule has 0 aliphatic rings. The highest BCUT2D eigenvalue weighted by Crippen LogP contribution is 2.23. The number of alkyl halides is 3. The van der Waals surface area contributed by atoms with Crippen LogP contribution in [0.4, 0.5) is 13.2 Å². The zero-order valence-electron chi connectivity index (χ0n) is 10.1. The van der Waals surface area contributed by atoms with E-state index in [4.69, 9.17) is 0 Å².